The van der Waals surface area contributed by atoms with Crippen LogP contribution in [0.5, 0.6) is 0 Å². The Balaban J connectivity index is 2.02. The van der Waals surface area contributed by atoms with Gasteiger partial charge < -0.3 is 15.4 Å². The molecule has 1 saturated heterocycles. The summed E-state index contributed by atoms with van der Waals surface area (Å²) in [6.45, 7) is 4.68. The Morgan fingerprint density at radius 3 is 2.71 bits per heavy atom. The van der Waals surface area contributed by atoms with E-state index in [0.29, 0.717) is 25.9 Å². The highest BCUT2D eigenvalue weighted by atomic mass is 16.5. The summed E-state index contributed by atoms with van der Waals surface area (Å²) in [6, 6.07) is 0. The number of hydrogen-bond donors (Lipinski definition) is 2. The summed E-state index contributed by atoms with van der Waals surface area (Å²) in [7, 11) is 1.37. The molecular formula is C11H21N3O3. The fraction of sp³-hybridized carbons (Fsp3) is 0.818. The van der Waals surface area contributed by atoms with Gasteiger partial charge in [0.25, 0.3) is 0 Å². The number of nitrogens with one attached hydrogen (secondary N) is 2. The molecule has 0 spiro atoms. The number of esters is 1. The smallest absolute Gasteiger partial charge is 0.305 e. The van der Waals surface area contributed by atoms with Crippen LogP contribution in [0.1, 0.15) is 12.8 Å². The number of carbonyl (C=O) groups is 2. The van der Waals surface area contributed by atoms with Crippen LogP contribution in [0.15, 0.2) is 0 Å². The largest absolute Gasteiger partial charge is 0.469 e. The molecule has 6 heteroatoms. The first-order chi connectivity index (χ1) is 8.22. The van der Waals surface area contributed by atoms with Crippen molar-refractivity contribution in [2.45, 2.75) is 12.8 Å². The molecule has 6 nitrogen and oxygen atoms in total. The second-order valence-corrected chi connectivity index (χ2v) is 4.06. The summed E-state index contributed by atoms with van der Waals surface area (Å²) in [5.74, 6) is -0.210. The predicted octanol–water partition coefficient (Wildman–Crippen LogP) is -1.04. The monoisotopic (exact) mass is 243 g/mol. The number of methoxy groups -OCH3 is 1. The van der Waals surface area contributed by atoms with Crippen LogP contribution in [-0.4, -0.2) is 63.2 Å². The van der Waals surface area contributed by atoms with Gasteiger partial charge in [0.05, 0.1) is 13.7 Å². The first kappa shape index (κ1) is 13.9. The molecule has 17 heavy (non-hydrogen) atoms. The lowest BCUT2D eigenvalue weighted by Crippen LogP contribution is -2.47. The minimum atomic E-state index is -0.235. The van der Waals surface area contributed by atoms with E-state index in [9.17, 15) is 9.59 Å². The van der Waals surface area contributed by atoms with Gasteiger partial charge in [-0.05, 0) is 6.42 Å². The standard InChI is InChI=1S/C11H21N3O3/c1-17-11(16)3-2-4-13-10(15)9-14-7-5-12-6-8-14/h12H,2-9H2,1H3,(H,13,15). The summed E-state index contributed by atoms with van der Waals surface area (Å²) in [4.78, 5) is 24.5. The summed E-state index contributed by atoms with van der Waals surface area (Å²) in [6.07, 6.45) is 0.977. The molecule has 0 aromatic rings. The van der Waals surface area contributed by atoms with Crippen molar-refractivity contribution in [1.82, 2.24) is 15.5 Å². The molecule has 0 saturated carbocycles. The zero-order chi connectivity index (χ0) is 12.5. The Kier molecular flexibility index (Phi) is 6.57. The van der Waals surface area contributed by atoms with Crippen molar-refractivity contribution in [2.24, 2.45) is 0 Å². The molecule has 0 unspecified atom stereocenters. The lowest BCUT2D eigenvalue weighted by atomic mass is 10.3. The van der Waals surface area contributed by atoms with E-state index in [4.69, 9.17) is 0 Å². The quantitative estimate of drug-likeness (QED) is 0.461. The maximum atomic E-state index is 11.5. The normalized spacial score (nSPS) is 16.5. The van der Waals surface area contributed by atoms with E-state index in [2.05, 4.69) is 20.3 Å². The van der Waals surface area contributed by atoms with Crippen molar-refractivity contribution in [3.8, 4) is 0 Å². The topological polar surface area (TPSA) is 70.7 Å². The van der Waals surface area contributed by atoms with Gasteiger partial charge >= 0.3 is 5.97 Å². The van der Waals surface area contributed by atoms with Crippen LogP contribution in [0.3, 0.4) is 0 Å². The van der Waals surface area contributed by atoms with Gasteiger partial charge in [-0.15, -0.1) is 0 Å². The van der Waals surface area contributed by atoms with E-state index in [1.165, 1.54) is 7.11 Å². The highest BCUT2D eigenvalue weighted by molar-refractivity contribution is 5.78. The summed E-state index contributed by atoms with van der Waals surface area (Å²) in [5.41, 5.74) is 0. The van der Waals surface area contributed by atoms with Crippen LogP contribution in [0.2, 0.25) is 0 Å². The number of piperazine rings is 1. The van der Waals surface area contributed by atoms with Crippen LogP contribution in [0.25, 0.3) is 0 Å². The highest BCUT2D eigenvalue weighted by Gasteiger charge is 2.12. The number of carbonyl (C=O) groups excluding carboxylic acids is 2. The van der Waals surface area contributed by atoms with Gasteiger partial charge in [-0.2, -0.15) is 0 Å². The Morgan fingerprint density at radius 2 is 2.06 bits per heavy atom. The minimum Gasteiger partial charge on any atom is -0.469 e. The molecule has 0 aromatic carbocycles. The Morgan fingerprint density at radius 1 is 1.35 bits per heavy atom. The van der Waals surface area contributed by atoms with Crippen molar-refractivity contribution < 1.29 is 14.3 Å². The maximum absolute atomic E-state index is 11.5. The van der Waals surface area contributed by atoms with Gasteiger partial charge in [-0.25, -0.2) is 0 Å². The van der Waals surface area contributed by atoms with E-state index in [0.717, 1.165) is 26.2 Å². The van der Waals surface area contributed by atoms with Crippen molar-refractivity contribution >= 4 is 11.9 Å². The van der Waals surface area contributed by atoms with Crippen molar-refractivity contribution in [1.29, 1.82) is 0 Å². The number of rotatable bonds is 6. The average molecular weight is 243 g/mol. The minimum absolute atomic E-state index is 0.0248. The molecule has 98 valence electrons. The molecular weight excluding hydrogens is 222 g/mol. The molecule has 1 fully saturated rings. The first-order valence-corrected chi connectivity index (χ1v) is 5.99. The molecule has 1 heterocycles. The molecule has 0 aliphatic carbocycles. The lowest BCUT2D eigenvalue weighted by Gasteiger charge is -2.26. The second-order valence-electron chi connectivity index (χ2n) is 4.06. The van der Waals surface area contributed by atoms with Gasteiger partial charge in [0.2, 0.25) is 5.91 Å². The van der Waals surface area contributed by atoms with Crippen LogP contribution >= 0.6 is 0 Å². The van der Waals surface area contributed by atoms with Crippen molar-refractivity contribution in [2.75, 3.05) is 46.4 Å². The molecule has 1 rings (SSSR count). The summed E-state index contributed by atoms with van der Waals surface area (Å²) >= 11 is 0. The van der Waals surface area contributed by atoms with Gasteiger partial charge in [0.15, 0.2) is 0 Å². The second kappa shape index (κ2) is 8.03. The summed E-state index contributed by atoms with van der Waals surface area (Å²) < 4.78 is 4.51. The van der Waals surface area contributed by atoms with E-state index in [1.807, 2.05) is 0 Å². The predicted molar refractivity (Wildman–Crippen MR) is 63.6 cm³/mol. The highest BCUT2D eigenvalue weighted by Crippen LogP contribution is 1.92. The van der Waals surface area contributed by atoms with Crippen LogP contribution in [0, 0.1) is 0 Å². The van der Waals surface area contributed by atoms with Gasteiger partial charge in [0.1, 0.15) is 0 Å². The number of ether oxygens (including phenoxy) is 1. The number of amides is 1. The van der Waals surface area contributed by atoms with Crippen LogP contribution in [-0.2, 0) is 14.3 Å². The van der Waals surface area contributed by atoms with Crippen molar-refractivity contribution in [3.63, 3.8) is 0 Å². The van der Waals surface area contributed by atoms with Crippen LogP contribution < -0.4 is 10.6 Å². The van der Waals surface area contributed by atoms with Crippen LogP contribution in [0.4, 0.5) is 0 Å². The molecule has 0 atom stereocenters. The fourth-order valence-corrected chi connectivity index (χ4v) is 1.69. The third kappa shape index (κ3) is 6.23. The van der Waals surface area contributed by atoms with Gasteiger partial charge in [-0.1, -0.05) is 0 Å². The van der Waals surface area contributed by atoms with E-state index < -0.39 is 0 Å². The molecule has 0 bridgehead atoms. The third-order valence-electron chi connectivity index (χ3n) is 2.68. The third-order valence-corrected chi connectivity index (χ3v) is 2.68. The fourth-order valence-electron chi connectivity index (χ4n) is 1.69. The molecule has 1 aliphatic rings. The Bertz CT molecular complexity index is 252. The molecule has 1 aliphatic heterocycles. The average Bonchev–Trinajstić information content (AvgIpc) is 2.35. The number of hydrogen-bond acceptors (Lipinski definition) is 5. The van der Waals surface area contributed by atoms with E-state index in [-0.39, 0.29) is 11.9 Å². The lowest BCUT2D eigenvalue weighted by molar-refractivity contribution is -0.140. The SMILES string of the molecule is COC(=O)CCCNC(=O)CN1CCNCC1. The zero-order valence-corrected chi connectivity index (χ0v) is 10.3. The molecule has 0 aromatic heterocycles. The zero-order valence-electron chi connectivity index (χ0n) is 10.3. The first-order valence-electron chi connectivity index (χ1n) is 5.99. The van der Waals surface area contributed by atoms with E-state index >= 15 is 0 Å². The summed E-state index contributed by atoms with van der Waals surface area (Å²) in [5, 5.41) is 6.04. The Hall–Kier alpha value is -1.14. The van der Waals surface area contributed by atoms with Gasteiger partial charge in [-0.3, -0.25) is 14.5 Å². The Labute approximate surface area is 102 Å². The van der Waals surface area contributed by atoms with Crippen molar-refractivity contribution in [3.05, 3.63) is 0 Å². The molecule has 0 radical (unpaired) electrons. The maximum Gasteiger partial charge on any atom is 0.305 e. The van der Waals surface area contributed by atoms with E-state index in [1.54, 1.807) is 0 Å². The molecule has 2 N–H and O–H groups in total. The molecule has 1 amide bonds. The van der Waals surface area contributed by atoms with Gasteiger partial charge in [0, 0.05) is 39.1 Å². The number of nitrogens with zero attached hydrogens (tertiary/aromatic N) is 1.